The molecule has 3 N–H and O–H groups in total. The molecule has 1 aromatic heterocycles. The molecule has 1 amide bonds. The molecule has 0 bridgehead atoms. The lowest BCUT2D eigenvalue weighted by molar-refractivity contribution is -0.116. The number of amides is 1. The lowest BCUT2D eigenvalue weighted by Gasteiger charge is -2.07. The number of unbranched alkanes of at least 4 members (excludes halogenated alkanes) is 3. The molecule has 5 heteroatoms. The summed E-state index contributed by atoms with van der Waals surface area (Å²) < 4.78 is 0. The van der Waals surface area contributed by atoms with Crippen molar-refractivity contribution in [2.45, 2.75) is 39.0 Å². The topological polar surface area (TPSA) is 68.0 Å². The third-order valence-electron chi connectivity index (χ3n) is 2.61. The average Bonchev–Trinajstić information content (AvgIpc) is 2.33. The smallest absolute Gasteiger partial charge is 0.224 e. The first-order valence-electron chi connectivity index (χ1n) is 6.25. The van der Waals surface area contributed by atoms with Gasteiger partial charge in [0.15, 0.2) is 5.15 Å². The first-order valence-corrected chi connectivity index (χ1v) is 6.63. The molecule has 0 saturated heterocycles. The Hall–Kier alpha value is -1.13. The molecule has 0 aliphatic heterocycles. The van der Waals surface area contributed by atoms with Gasteiger partial charge in [-0.15, -0.1) is 0 Å². The van der Waals surface area contributed by atoms with Crippen molar-refractivity contribution in [1.29, 1.82) is 0 Å². The molecule has 0 spiro atoms. The van der Waals surface area contributed by atoms with Gasteiger partial charge >= 0.3 is 0 Å². The number of pyridine rings is 1. The van der Waals surface area contributed by atoms with E-state index < -0.39 is 0 Å². The van der Waals surface area contributed by atoms with Gasteiger partial charge in [-0.3, -0.25) is 4.79 Å². The van der Waals surface area contributed by atoms with Crippen molar-refractivity contribution in [3.05, 3.63) is 23.0 Å². The van der Waals surface area contributed by atoms with Gasteiger partial charge in [-0.05, 0) is 37.9 Å². The fraction of sp³-hybridized carbons (Fsp3) is 0.538. The fourth-order valence-electron chi connectivity index (χ4n) is 1.64. The molecule has 100 valence electrons. The van der Waals surface area contributed by atoms with Crippen LogP contribution in [0.1, 0.15) is 37.7 Å². The van der Waals surface area contributed by atoms with Crippen molar-refractivity contribution < 1.29 is 4.79 Å². The molecule has 0 radical (unpaired) electrons. The van der Waals surface area contributed by atoms with Crippen LogP contribution in [0.4, 0.5) is 5.69 Å². The van der Waals surface area contributed by atoms with Crippen LogP contribution in [-0.2, 0) is 4.79 Å². The van der Waals surface area contributed by atoms with Gasteiger partial charge in [0, 0.05) is 12.6 Å². The molecule has 1 heterocycles. The van der Waals surface area contributed by atoms with Gasteiger partial charge in [0.1, 0.15) is 0 Å². The number of carbonyl (C=O) groups is 1. The number of nitrogens with one attached hydrogen (secondary N) is 1. The quantitative estimate of drug-likeness (QED) is 0.591. The summed E-state index contributed by atoms with van der Waals surface area (Å²) in [5, 5.41) is 3.11. The Morgan fingerprint density at radius 1 is 1.39 bits per heavy atom. The highest BCUT2D eigenvalue weighted by Crippen LogP contribution is 2.20. The summed E-state index contributed by atoms with van der Waals surface area (Å²) >= 11 is 5.90. The highest BCUT2D eigenvalue weighted by atomic mass is 35.5. The molecular formula is C13H20ClN3O. The van der Waals surface area contributed by atoms with E-state index in [2.05, 4.69) is 10.3 Å². The third kappa shape index (κ3) is 5.47. The summed E-state index contributed by atoms with van der Waals surface area (Å²) in [5.74, 6) is -0.0166. The van der Waals surface area contributed by atoms with Crippen LogP contribution in [-0.4, -0.2) is 17.4 Å². The number of hydrogen-bond acceptors (Lipinski definition) is 3. The highest BCUT2D eigenvalue weighted by Gasteiger charge is 2.06. The second-order valence-corrected chi connectivity index (χ2v) is 4.71. The summed E-state index contributed by atoms with van der Waals surface area (Å²) in [7, 11) is 0. The second-order valence-electron chi connectivity index (χ2n) is 4.35. The SMILES string of the molecule is Cc1cnc(Cl)c(NC(=O)CCCCCCN)c1. The predicted molar refractivity (Wildman–Crippen MR) is 74.8 cm³/mol. The number of aromatic nitrogens is 1. The summed E-state index contributed by atoms with van der Waals surface area (Å²) in [4.78, 5) is 15.7. The Morgan fingerprint density at radius 2 is 2.11 bits per heavy atom. The second kappa shape index (κ2) is 8.06. The minimum Gasteiger partial charge on any atom is -0.330 e. The van der Waals surface area contributed by atoms with E-state index in [4.69, 9.17) is 17.3 Å². The van der Waals surface area contributed by atoms with Crippen LogP contribution in [0, 0.1) is 6.92 Å². The first-order chi connectivity index (χ1) is 8.63. The van der Waals surface area contributed by atoms with Gasteiger partial charge in [0.05, 0.1) is 5.69 Å². The molecule has 0 aromatic carbocycles. The number of hydrogen-bond donors (Lipinski definition) is 2. The van der Waals surface area contributed by atoms with Gasteiger partial charge in [0.2, 0.25) is 5.91 Å². The van der Waals surface area contributed by atoms with Crippen LogP contribution in [0.3, 0.4) is 0 Å². The highest BCUT2D eigenvalue weighted by molar-refractivity contribution is 6.32. The van der Waals surface area contributed by atoms with Gasteiger partial charge in [-0.2, -0.15) is 0 Å². The van der Waals surface area contributed by atoms with E-state index in [0.717, 1.165) is 37.8 Å². The van der Waals surface area contributed by atoms with Crippen molar-refractivity contribution in [3.8, 4) is 0 Å². The molecule has 0 atom stereocenters. The molecule has 0 aliphatic carbocycles. The minimum absolute atomic E-state index is 0.0166. The molecule has 0 aliphatic rings. The lowest BCUT2D eigenvalue weighted by Crippen LogP contribution is -2.12. The zero-order valence-electron chi connectivity index (χ0n) is 10.7. The molecule has 1 rings (SSSR count). The van der Waals surface area contributed by atoms with Gasteiger partial charge in [-0.1, -0.05) is 24.4 Å². The van der Waals surface area contributed by atoms with Crippen LogP contribution in [0.2, 0.25) is 5.15 Å². The van der Waals surface area contributed by atoms with E-state index >= 15 is 0 Å². The standard InChI is InChI=1S/C13H20ClN3O/c1-10-8-11(13(14)16-9-10)17-12(18)6-4-2-3-5-7-15/h8-9H,2-7,15H2,1H3,(H,17,18). The van der Waals surface area contributed by atoms with Crippen LogP contribution >= 0.6 is 11.6 Å². The molecule has 1 aromatic rings. The Bertz CT molecular complexity index is 396. The Kier molecular flexibility index (Phi) is 6.68. The maximum atomic E-state index is 11.7. The van der Waals surface area contributed by atoms with Gasteiger partial charge in [0.25, 0.3) is 0 Å². The van der Waals surface area contributed by atoms with Crippen molar-refractivity contribution in [3.63, 3.8) is 0 Å². The van der Waals surface area contributed by atoms with E-state index in [1.54, 1.807) is 6.20 Å². The molecule has 4 nitrogen and oxygen atoms in total. The van der Waals surface area contributed by atoms with E-state index in [9.17, 15) is 4.79 Å². The largest absolute Gasteiger partial charge is 0.330 e. The van der Waals surface area contributed by atoms with E-state index in [1.807, 2.05) is 13.0 Å². The number of nitrogens with two attached hydrogens (primary N) is 1. The van der Waals surface area contributed by atoms with Crippen molar-refractivity contribution in [2.24, 2.45) is 5.73 Å². The number of rotatable bonds is 7. The molecule has 0 saturated carbocycles. The number of anilines is 1. The maximum Gasteiger partial charge on any atom is 0.224 e. The lowest BCUT2D eigenvalue weighted by atomic mass is 10.1. The van der Waals surface area contributed by atoms with E-state index in [-0.39, 0.29) is 5.91 Å². The Labute approximate surface area is 113 Å². The zero-order chi connectivity index (χ0) is 13.4. The van der Waals surface area contributed by atoms with Crippen LogP contribution < -0.4 is 11.1 Å². The Balaban J connectivity index is 2.33. The number of nitrogens with zero attached hydrogens (tertiary/aromatic N) is 1. The van der Waals surface area contributed by atoms with E-state index in [1.165, 1.54) is 0 Å². The summed E-state index contributed by atoms with van der Waals surface area (Å²) in [5.41, 5.74) is 6.96. The van der Waals surface area contributed by atoms with Crippen LogP contribution in [0.5, 0.6) is 0 Å². The summed E-state index contributed by atoms with van der Waals surface area (Å²) in [6.45, 7) is 2.63. The van der Waals surface area contributed by atoms with Crippen LogP contribution in [0.15, 0.2) is 12.3 Å². The Morgan fingerprint density at radius 3 is 2.83 bits per heavy atom. The van der Waals surface area contributed by atoms with Crippen LogP contribution in [0.25, 0.3) is 0 Å². The monoisotopic (exact) mass is 269 g/mol. The van der Waals surface area contributed by atoms with Crippen molar-refractivity contribution >= 4 is 23.2 Å². The fourth-order valence-corrected chi connectivity index (χ4v) is 1.79. The average molecular weight is 270 g/mol. The minimum atomic E-state index is -0.0166. The van der Waals surface area contributed by atoms with Crippen molar-refractivity contribution in [2.75, 3.05) is 11.9 Å². The molecule has 0 unspecified atom stereocenters. The zero-order valence-corrected chi connectivity index (χ0v) is 11.5. The molecule has 18 heavy (non-hydrogen) atoms. The maximum absolute atomic E-state index is 11.7. The first kappa shape index (κ1) is 14.9. The summed E-state index contributed by atoms with van der Waals surface area (Å²) in [6, 6.07) is 1.82. The predicted octanol–water partition coefficient (Wildman–Crippen LogP) is 2.89. The van der Waals surface area contributed by atoms with E-state index in [0.29, 0.717) is 17.3 Å². The third-order valence-corrected chi connectivity index (χ3v) is 2.91. The normalized spacial score (nSPS) is 10.4. The molecule has 0 fully saturated rings. The van der Waals surface area contributed by atoms with Crippen molar-refractivity contribution in [1.82, 2.24) is 4.98 Å². The van der Waals surface area contributed by atoms with Gasteiger partial charge in [-0.25, -0.2) is 4.98 Å². The van der Waals surface area contributed by atoms with Gasteiger partial charge < -0.3 is 11.1 Å². The number of halogens is 1. The number of carbonyl (C=O) groups excluding carboxylic acids is 1. The molecular weight excluding hydrogens is 250 g/mol. The number of aryl methyl sites for hydroxylation is 1. The summed E-state index contributed by atoms with van der Waals surface area (Å²) in [6.07, 6.45) is 6.19.